The van der Waals surface area contributed by atoms with Gasteiger partial charge < -0.3 is 9.80 Å². The number of nitriles is 1. The first-order valence-corrected chi connectivity index (χ1v) is 7.65. The molecule has 2 heterocycles. The lowest BCUT2D eigenvalue weighted by atomic mass is 10.1. The molecule has 0 spiro atoms. The van der Waals surface area contributed by atoms with Gasteiger partial charge in [-0.05, 0) is 30.7 Å². The summed E-state index contributed by atoms with van der Waals surface area (Å²) in [5.74, 6) is 0.780. The monoisotopic (exact) mass is 306 g/mol. The molecule has 116 valence electrons. The first-order chi connectivity index (χ1) is 11.2. The minimum atomic E-state index is 0.0734. The van der Waals surface area contributed by atoms with Gasteiger partial charge in [-0.15, -0.1) is 0 Å². The summed E-state index contributed by atoms with van der Waals surface area (Å²) < 4.78 is 0. The number of hydrogen-bond donors (Lipinski definition) is 0. The molecule has 1 aromatic heterocycles. The van der Waals surface area contributed by atoms with Gasteiger partial charge in [-0.2, -0.15) is 5.26 Å². The van der Waals surface area contributed by atoms with Crippen LogP contribution in [0.3, 0.4) is 0 Å². The highest BCUT2D eigenvalue weighted by atomic mass is 16.2. The molecule has 5 heteroatoms. The number of carbonyl (C=O) groups excluding carboxylic acids is 1. The van der Waals surface area contributed by atoms with E-state index in [1.165, 1.54) is 0 Å². The van der Waals surface area contributed by atoms with Crippen LogP contribution in [-0.2, 0) is 0 Å². The van der Waals surface area contributed by atoms with Gasteiger partial charge in [0.25, 0.3) is 5.91 Å². The fourth-order valence-electron chi connectivity index (χ4n) is 2.84. The molecule has 1 aliphatic heterocycles. The average Bonchev–Trinajstić information content (AvgIpc) is 2.61. The molecule has 23 heavy (non-hydrogen) atoms. The molecule has 0 bridgehead atoms. The maximum Gasteiger partial charge on any atom is 0.254 e. The van der Waals surface area contributed by atoms with Crippen molar-refractivity contribution in [3.63, 3.8) is 0 Å². The maximum atomic E-state index is 12.6. The van der Waals surface area contributed by atoms with E-state index in [-0.39, 0.29) is 5.91 Å². The number of aryl methyl sites for hydroxylation is 1. The van der Waals surface area contributed by atoms with Gasteiger partial charge in [0.1, 0.15) is 11.9 Å². The maximum absolute atomic E-state index is 12.6. The van der Waals surface area contributed by atoms with Gasteiger partial charge in [0, 0.05) is 37.9 Å². The van der Waals surface area contributed by atoms with E-state index < -0.39 is 0 Å². The van der Waals surface area contributed by atoms with Crippen LogP contribution in [0.25, 0.3) is 0 Å². The van der Waals surface area contributed by atoms with Gasteiger partial charge in [0.05, 0.1) is 5.56 Å². The molecular formula is C18H18N4O. The van der Waals surface area contributed by atoms with Gasteiger partial charge in [0.2, 0.25) is 0 Å². The number of anilines is 1. The van der Waals surface area contributed by atoms with Gasteiger partial charge in [-0.25, -0.2) is 4.98 Å². The molecule has 0 unspecified atom stereocenters. The second-order valence-corrected chi connectivity index (χ2v) is 5.58. The van der Waals surface area contributed by atoms with Crippen LogP contribution < -0.4 is 4.90 Å². The van der Waals surface area contributed by atoms with Crippen LogP contribution in [0.4, 0.5) is 5.82 Å². The molecule has 1 saturated heterocycles. The van der Waals surface area contributed by atoms with E-state index in [1.54, 1.807) is 18.3 Å². The summed E-state index contributed by atoms with van der Waals surface area (Å²) in [5.41, 5.74) is 2.33. The molecule has 0 radical (unpaired) electrons. The molecular weight excluding hydrogens is 288 g/mol. The number of hydrogen-bond acceptors (Lipinski definition) is 4. The zero-order chi connectivity index (χ0) is 16.2. The van der Waals surface area contributed by atoms with Gasteiger partial charge in [0.15, 0.2) is 0 Å². The smallest absolute Gasteiger partial charge is 0.254 e. The van der Waals surface area contributed by atoms with E-state index in [9.17, 15) is 10.1 Å². The third-order valence-corrected chi connectivity index (χ3v) is 4.15. The summed E-state index contributed by atoms with van der Waals surface area (Å²) in [5, 5.41) is 9.19. The van der Waals surface area contributed by atoms with Crippen LogP contribution >= 0.6 is 0 Å². The molecule has 1 aromatic carbocycles. The fraction of sp³-hybridized carbons (Fsp3) is 0.278. The molecule has 0 N–H and O–H groups in total. The van der Waals surface area contributed by atoms with Crippen molar-refractivity contribution in [3.8, 4) is 6.07 Å². The molecule has 1 fully saturated rings. The Balaban J connectivity index is 1.71. The summed E-state index contributed by atoms with van der Waals surface area (Å²) >= 11 is 0. The summed E-state index contributed by atoms with van der Waals surface area (Å²) in [6.07, 6.45) is 1.70. The Morgan fingerprint density at radius 1 is 1.13 bits per heavy atom. The number of amides is 1. The van der Waals surface area contributed by atoms with Crippen LogP contribution in [0.5, 0.6) is 0 Å². The van der Waals surface area contributed by atoms with Gasteiger partial charge in [-0.3, -0.25) is 4.79 Å². The second kappa shape index (κ2) is 6.49. The van der Waals surface area contributed by atoms with Crippen molar-refractivity contribution in [2.75, 3.05) is 31.1 Å². The van der Waals surface area contributed by atoms with Crippen molar-refractivity contribution < 1.29 is 4.79 Å². The Kier molecular flexibility index (Phi) is 4.24. The average molecular weight is 306 g/mol. The normalized spacial score (nSPS) is 14.4. The van der Waals surface area contributed by atoms with E-state index >= 15 is 0 Å². The predicted octanol–water partition coefficient (Wildman–Crippen LogP) is 2.22. The Bertz CT molecular complexity index is 758. The number of aromatic nitrogens is 1. The van der Waals surface area contributed by atoms with Crippen LogP contribution in [-0.4, -0.2) is 42.0 Å². The number of pyridine rings is 1. The molecule has 0 atom stereocenters. The number of piperazine rings is 1. The Morgan fingerprint density at radius 2 is 1.87 bits per heavy atom. The number of benzene rings is 1. The number of nitrogens with zero attached hydrogens (tertiary/aromatic N) is 4. The van der Waals surface area contributed by atoms with Crippen LogP contribution in [0, 0.1) is 18.3 Å². The lowest BCUT2D eigenvalue weighted by molar-refractivity contribution is 0.0746. The summed E-state index contributed by atoms with van der Waals surface area (Å²) in [6.45, 7) is 4.59. The van der Waals surface area contributed by atoms with Crippen LogP contribution in [0.1, 0.15) is 21.5 Å². The van der Waals surface area contributed by atoms with Crippen molar-refractivity contribution in [1.29, 1.82) is 5.26 Å². The predicted molar refractivity (Wildman–Crippen MR) is 88.2 cm³/mol. The second-order valence-electron chi connectivity index (χ2n) is 5.58. The van der Waals surface area contributed by atoms with E-state index in [0.717, 1.165) is 11.1 Å². The van der Waals surface area contributed by atoms with Crippen LogP contribution in [0.2, 0.25) is 0 Å². The summed E-state index contributed by atoms with van der Waals surface area (Å²) in [4.78, 5) is 20.9. The molecule has 0 aliphatic carbocycles. The zero-order valence-corrected chi connectivity index (χ0v) is 13.1. The quantitative estimate of drug-likeness (QED) is 0.853. The summed E-state index contributed by atoms with van der Waals surface area (Å²) in [7, 11) is 0. The number of carbonyl (C=O) groups is 1. The van der Waals surface area contributed by atoms with Gasteiger partial charge in [-0.1, -0.05) is 18.2 Å². The van der Waals surface area contributed by atoms with Gasteiger partial charge >= 0.3 is 0 Å². The van der Waals surface area contributed by atoms with Crippen molar-refractivity contribution in [2.24, 2.45) is 0 Å². The minimum Gasteiger partial charge on any atom is -0.352 e. The lowest BCUT2D eigenvalue weighted by Gasteiger charge is -2.35. The van der Waals surface area contributed by atoms with Crippen molar-refractivity contribution in [3.05, 3.63) is 59.3 Å². The SMILES string of the molecule is Cc1ccccc1C(=O)N1CCN(c2ncccc2C#N)CC1. The van der Waals surface area contributed by atoms with E-state index in [4.69, 9.17) is 0 Å². The third kappa shape index (κ3) is 3.02. The zero-order valence-electron chi connectivity index (χ0n) is 13.1. The highest BCUT2D eigenvalue weighted by Gasteiger charge is 2.24. The molecule has 1 amide bonds. The highest BCUT2D eigenvalue weighted by Crippen LogP contribution is 2.19. The molecule has 2 aromatic rings. The van der Waals surface area contributed by atoms with Crippen molar-refractivity contribution in [1.82, 2.24) is 9.88 Å². The summed E-state index contributed by atoms with van der Waals surface area (Å²) in [6, 6.07) is 13.4. The van der Waals surface area contributed by atoms with E-state index in [1.807, 2.05) is 36.1 Å². The lowest BCUT2D eigenvalue weighted by Crippen LogP contribution is -2.49. The Morgan fingerprint density at radius 3 is 2.57 bits per heavy atom. The molecule has 5 nitrogen and oxygen atoms in total. The topological polar surface area (TPSA) is 60.2 Å². The molecule has 0 saturated carbocycles. The standard InChI is InChI=1S/C18H18N4O/c1-14-5-2-3-7-16(14)18(23)22-11-9-21(10-12-22)17-15(13-19)6-4-8-20-17/h2-8H,9-12H2,1H3. The first-order valence-electron chi connectivity index (χ1n) is 7.65. The Labute approximate surface area is 135 Å². The van der Waals surface area contributed by atoms with E-state index in [2.05, 4.69) is 16.0 Å². The van der Waals surface area contributed by atoms with Crippen molar-refractivity contribution >= 4 is 11.7 Å². The van der Waals surface area contributed by atoms with E-state index in [0.29, 0.717) is 37.6 Å². The first kappa shape index (κ1) is 15.0. The Hall–Kier alpha value is -2.87. The number of rotatable bonds is 2. The van der Waals surface area contributed by atoms with Crippen molar-refractivity contribution in [2.45, 2.75) is 6.92 Å². The highest BCUT2D eigenvalue weighted by molar-refractivity contribution is 5.95. The largest absolute Gasteiger partial charge is 0.352 e. The molecule has 3 rings (SSSR count). The minimum absolute atomic E-state index is 0.0734. The fourth-order valence-corrected chi connectivity index (χ4v) is 2.84. The third-order valence-electron chi connectivity index (χ3n) is 4.15. The molecule has 1 aliphatic rings. The van der Waals surface area contributed by atoms with Crippen LogP contribution in [0.15, 0.2) is 42.6 Å².